The van der Waals surface area contributed by atoms with Gasteiger partial charge in [0.1, 0.15) is 0 Å². The number of likely N-dealkylation sites (N-methyl/N-ethyl adjacent to an activating group) is 1. The quantitative estimate of drug-likeness (QED) is 0.701. The lowest BCUT2D eigenvalue weighted by Crippen LogP contribution is -2.52. The summed E-state index contributed by atoms with van der Waals surface area (Å²) in [6, 6.07) is 0.667. The van der Waals surface area contributed by atoms with E-state index in [2.05, 4.69) is 49.8 Å². The highest BCUT2D eigenvalue weighted by atomic mass is 16.3. The molecule has 0 aromatic rings. The van der Waals surface area contributed by atoms with Crippen LogP contribution in [0.4, 0.5) is 0 Å². The van der Waals surface area contributed by atoms with Crippen LogP contribution in [-0.2, 0) is 0 Å². The first-order valence-electron chi connectivity index (χ1n) is 12.9. The van der Waals surface area contributed by atoms with Crippen LogP contribution >= 0.6 is 0 Å². The maximum Gasteiger partial charge on any atom is 0.0602 e. The maximum absolute atomic E-state index is 10.0. The molecular weight excluding hydrogens is 384 g/mol. The lowest BCUT2D eigenvalue weighted by molar-refractivity contribution is 0.0434. The van der Waals surface area contributed by atoms with Gasteiger partial charge in [-0.05, 0) is 88.5 Å². The minimum atomic E-state index is -0.376. The Morgan fingerprint density at radius 2 is 1.87 bits per heavy atom. The molecule has 176 valence electrons. The van der Waals surface area contributed by atoms with Crippen molar-refractivity contribution in [1.29, 1.82) is 0 Å². The van der Waals surface area contributed by atoms with E-state index >= 15 is 0 Å². The van der Waals surface area contributed by atoms with Crippen LogP contribution in [0.3, 0.4) is 0 Å². The third-order valence-electron chi connectivity index (χ3n) is 9.29. The van der Waals surface area contributed by atoms with E-state index in [1.165, 1.54) is 63.9 Å². The third kappa shape index (κ3) is 5.13. The summed E-state index contributed by atoms with van der Waals surface area (Å²) in [4.78, 5) is 5.21. The molecule has 1 saturated heterocycles. The van der Waals surface area contributed by atoms with Gasteiger partial charge in [0, 0.05) is 32.2 Å². The minimum absolute atomic E-state index is 0.376. The molecule has 0 bridgehead atoms. The zero-order valence-electron chi connectivity index (χ0n) is 20.4. The van der Waals surface area contributed by atoms with E-state index in [0.29, 0.717) is 23.8 Å². The van der Waals surface area contributed by atoms with Crippen LogP contribution in [0, 0.1) is 23.2 Å². The molecule has 3 aliphatic carbocycles. The monoisotopic (exact) mass is 430 g/mol. The number of piperazine rings is 1. The number of allylic oxidation sites excluding steroid dienone is 3. The first-order valence-corrected chi connectivity index (χ1v) is 12.9. The molecule has 2 N–H and O–H groups in total. The van der Waals surface area contributed by atoms with Crippen molar-refractivity contribution in [3.8, 4) is 0 Å². The van der Waals surface area contributed by atoms with Crippen molar-refractivity contribution in [1.82, 2.24) is 9.80 Å². The second-order valence-electron chi connectivity index (χ2n) is 11.7. The molecule has 4 rings (SSSR count). The van der Waals surface area contributed by atoms with Crippen molar-refractivity contribution in [3.63, 3.8) is 0 Å². The van der Waals surface area contributed by atoms with E-state index in [1.807, 2.05) is 0 Å². The van der Waals surface area contributed by atoms with E-state index in [4.69, 9.17) is 0 Å². The molecule has 4 fully saturated rings. The molecule has 3 saturated carbocycles. The van der Waals surface area contributed by atoms with Gasteiger partial charge in [-0.25, -0.2) is 0 Å². The van der Waals surface area contributed by atoms with Crippen LogP contribution < -0.4 is 0 Å². The molecule has 0 aromatic carbocycles. The first-order chi connectivity index (χ1) is 14.8. The molecule has 1 heterocycles. The summed E-state index contributed by atoms with van der Waals surface area (Å²) >= 11 is 0. The summed E-state index contributed by atoms with van der Waals surface area (Å²) in [6.45, 7) is 12.4. The molecule has 1 aliphatic heterocycles. The highest BCUT2D eigenvalue weighted by molar-refractivity contribution is 5.26. The fraction of sp³-hybridized carbons (Fsp3) is 0.852. The number of aliphatic hydroxyl groups is 2. The number of fused-ring (bicyclic) bond motifs is 1. The summed E-state index contributed by atoms with van der Waals surface area (Å²) in [6.07, 6.45) is 12.5. The summed E-state index contributed by atoms with van der Waals surface area (Å²) in [5.74, 6) is 2.29. The zero-order chi connectivity index (χ0) is 22.2. The Kier molecular flexibility index (Phi) is 7.32. The van der Waals surface area contributed by atoms with Gasteiger partial charge < -0.3 is 15.1 Å². The Labute approximate surface area is 190 Å². The Hall–Kier alpha value is -0.680. The Morgan fingerprint density at radius 3 is 2.58 bits per heavy atom. The largest absolute Gasteiger partial charge is 0.393 e. The summed E-state index contributed by atoms with van der Waals surface area (Å²) in [5.41, 5.74) is 3.29. The highest BCUT2D eigenvalue weighted by Crippen LogP contribution is 2.59. The Morgan fingerprint density at radius 1 is 1.13 bits per heavy atom. The van der Waals surface area contributed by atoms with Crippen LogP contribution in [0.1, 0.15) is 72.1 Å². The molecule has 4 aliphatic rings. The Bertz CT molecular complexity index is 677. The van der Waals surface area contributed by atoms with Gasteiger partial charge in [-0.3, -0.25) is 4.90 Å². The molecule has 4 nitrogen and oxygen atoms in total. The normalized spacial score (nSPS) is 42.6. The lowest BCUT2D eigenvalue weighted by atomic mass is 9.61. The molecular formula is C27H46N2O2. The van der Waals surface area contributed by atoms with Gasteiger partial charge in [0.2, 0.25) is 0 Å². The molecule has 4 heteroatoms. The highest BCUT2D eigenvalue weighted by Gasteiger charge is 2.50. The van der Waals surface area contributed by atoms with Gasteiger partial charge in [0.15, 0.2) is 0 Å². The number of aliphatic hydroxyl groups excluding tert-OH is 2. The summed E-state index contributed by atoms with van der Waals surface area (Å²) in [7, 11) is 2.25. The number of rotatable bonds is 4. The van der Waals surface area contributed by atoms with Gasteiger partial charge in [-0.15, -0.1) is 0 Å². The predicted molar refractivity (Wildman–Crippen MR) is 128 cm³/mol. The van der Waals surface area contributed by atoms with Crippen molar-refractivity contribution < 1.29 is 10.2 Å². The average Bonchev–Trinajstić information content (AvgIpc) is 3.05. The van der Waals surface area contributed by atoms with E-state index in [9.17, 15) is 10.2 Å². The predicted octanol–water partition coefficient (Wildman–Crippen LogP) is 4.23. The second-order valence-corrected chi connectivity index (χ2v) is 11.7. The van der Waals surface area contributed by atoms with Gasteiger partial charge in [0.05, 0.1) is 12.2 Å². The molecule has 0 aromatic heterocycles. The van der Waals surface area contributed by atoms with Crippen LogP contribution in [-0.4, -0.2) is 71.5 Å². The third-order valence-corrected chi connectivity index (χ3v) is 9.29. The van der Waals surface area contributed by atoms with E-state index in [-0.39, 0.29) is 12.2 Å². The maximum atomic E-state index is 10.0. The average molecular weight is 431 g/mol. The molecule has 0 radical (unpaired) electrons. The van der Waals surface area contributed by atoms with Gasteiger partial charge in [0.25, 0.3) is 0 Å². The minimum Gasteiger partial charge on any atom is -0.393 e. The van der Waals surface area contributed by atoms with E-state index < -0.39 is 0 Å². The molecule has 7 atom stereocenters. The summed E-state index contributed by atoms with van der Waals surface area (Å²) < 4.78 is 0. The number of hydrogen-bond acceptors (Lipinski definition) is 4. The zero-order valence-corrected chi connectivity index (χ0v) is 20.4. The molecule has 1 unspecified atom stereocenters. The van der Waals surface area contributed by atoms with Gasteiger partial charge in [-0.2, -0.15) is 0 Å². The van der Waals surface area contributed by atoms with Crippen molar-refractivity contribution in [2.45, 2.75) is 90.4 Å². The van der Waals surface area contributed by atoms with Crippen molar-refractivity contribution >= 4 is 0 Å². The van der Waals surface area contributed by atoms with Crippen LogP contribution in [0.5, 0.6) is 0 Å². The topological polar surface area (TPSA) is 46.9 Å². The number of hydrogen-bond donors (Lipinski definition) is 2. The van der Waals surface area contributed by atoms with E-state index in [1.54, 1.807) is 5.57 Å². The fourth-order valence-electron chi connectivity index (χ4n) is 7.69. The van der Waals surface area contributed by atoms with Crippen molar-refractivity contribution in [2.24, 2.45) is 23.2 Å². The van der Waals surface area contributed by atoms with Gasteiger partial charge >= 0.3 is 0 Å². The lowest BCUT2D eigenvalue weighted by Gasteiger charge is -2.46. The van der Waals surface area contributed by atoms with Crippen LogP contribution in [0.25, 0.3) is 0 Å². The fourth-order valence-corrected chi connectivity index (χ4v) is 7.69. The molecule has 0 spiro atoms. The first kappa shape index (κ1) is 23.5. The molecule has 31 heavy (non-hydrogen) atoms. The molecule has 0 amide bonds. The van der Waals surface area contributed by atoms with Crippen LogP contribution in [0.15, 0.2) is 23.3 Å². The SMILES string of the molecule is CC(CN1CCN(C)C[C@@H]1C)[C@H]1CC[C@H]2/C(=C/C=C3C[C@@H](O)C[C@H](O)C3)CCC[C@]12C. The standard InChI is InChI=1S/C27H46N2O2/c1-19(17-29-13-12-28(4)18-20(29)2)25-9-10-26-22(6-5-11-27(25,26)3)8-7-21-14-23(30)16-24(31)15-21/h7-8,19-20,23-26,30-31H,5-6,9-18H2,1-4H3/b22-8+/t19?,20-,23+,24+,25+,26-,27+/m0/s1. The van der Waals surface area contributed by atoms with Crippen molar-refractivity contribution in [2.75, 3.05) is 33.2 Å². The second kappa shape index (κ2) is 9.67. The summed E-state index contributed by atoms with van der Waals surface area (Å²) in [5, 5.41) is 20.0. The number of nitrogens with zero attached hydrogens (tertiary/aromatic N) is 2. The smallest absolute Gasteiger partial charge is 0.0602 e. The van der Waals surface area contributed by atoms with Crippen LogP contribution in [0.2, 0.25) is 0 Å². The Balaban J connectivity index is 1.43. The van der Waals surface area contributed by atoms with Gasteiger partial charge in [-0.1, -0.05) is 37.1 Å². The van der Waals surface area contributed by atoms with E-state index in [0.717, 1.165) is 24.7 Å². The van der Waals surface area contributed by atoms with Crippen molar-refractivity contribution in [3.05, 3.63) is 23.3 Å².